The molecule has 1 unspecified atom stereocenters. The molecule has 1 aromatic carbocycles. The predicted octanol–water partition coefficient (Wildman–Crippen LogP) is 3.23. The van der Waals surface area contributed by atoms with Gasteiger partial charge in [-0.05, 0) is 54.0 Å². The van der Waals surface area contributed by atoms with Crippen LogP contribution in [0.25, 0.3) is 22.4 Å². The Bertz CT molecular complexity index is 1030. The summed E-state index contributed by atoms with van der Waals surface area (Å²) in [4.78, 5) is 13.2. The summed E-state index contributed by atoms with van der Waals surface area (Å²) in [5.41, 5.74) is 5.64. The van der Waals surface area contributed by atoms with E-state index in [1.165, 1.54) is 0 Å². The maximum Gasteiger partial charge on any atom is 0.159 e. The van der Waals surface area contributed by atoms with E-state index in [9.17, 15) is 0 Å². The third-order valence-electron chi connectivity index (χ3n) is 4.35. The van der Waals surface area contributed by atoms with Crippen LogP contribution in [0.5, 0.6) is 0 Å². The second-order valence-corrected chi connectivity index (χ2v) is 6.16. The van der Waals surface area contributed by atoms with E-state index in [2.05, 4.69) is 37.5 Å². The van der Waals surface area contributed by atoms with Crippen molar-refractivity contribution in [3.63, 3.8) is 0 Å². The highest BCUT2D eigenvalue weighted by atomic mass is 16.6. The van der Waals surface area contributed by atoms with Crippen molar-refractivity contribution in [1.29, 1.82) is 0 Å². The van der Waals surface area contributed by atoms with Crippen molar-refractivity contribution in [2.24, 2.45) is 0 Å². The Kier molecular flexibility index (Phi) is 4.37. The number of rotatable bonds is 5. The molecule has 0 amide bonds. The predicted molar refractivity (Wildman–Crippen MR) is 97.1 cm³/mol. The molecule has 26 heavy (non-hydrogen) atoms. The molecule has 1 atom stereocenters. The van der Waals surface area contributed by atoms with E-state index in [1.807, 2.05) is 43.5 Å². The molecule has 3 heterocycles. The van der Waals surface area contributed by atoms with Crippen LogP contribution in [0.3, 0.4) is 0 Å². The lowest BCUT2D eigenvalue weighted by Crippen LogP contribution is -2.19. The fraction of sp³-hybridized carbons (Fsp3) is 0.211. The molecular weight excluding hydrogens is 328 g/mol. The maximum atomic E-state index is 4.74. The fourth-order valence-electron chi connectivity index (χ4n) is 2.86. The van der Waals surface area contributed by atoms with E-state index < -0.39 is 0 Å². The summed E-state index contributed by atoms with van der Waals surface area (Å²) >= 11 is 0. The summed E-state index contributed by atoms with van der Waals surface area (Å²) in [5.74, 6) is 0.713. The lowest BCUT2D eigenvalue weighted by atomic mass is 10.1. The molecule has 0 aliphatic carbocycles. The Morgan fingerprint density at radius 1 is 1.08 bits per heavy atom. The molecule has 7 nitrogen and oxygen atoms in total. The van der Waals surface area contributed by atoms with Gasteiger partial charge in [-0.25, -0.2) is 14.6 Å². The number of benzene rings is 1. The van der Waals surface area contributed by atoms with E-state index >= 15 is 0 Å². The highest BCUT2D eigenvalue weighted by molar-refractivity contribution is 5.73. The Labute approximate surface area is 150 Å². The van der Waals surface area contributed by atoms with E-state index in [1.54, 1.807) is 12.4 Å². The number of nitrogens with one attached hydrogen (secondary N) is 1. The second kappa shape index (κ2) is 6.97. The maximum absolute atomic E-state index is 4.74. The summed E-state index contributed by atoms with van der Waals surface area (Å²) in [6, 6.07) is 9.83. The Morgan fingerprint density at radius 3 is 2.69 bits per heavy atom. The van der Waals surface area contributed by atoms with E-state index in [0.717, 1.165) is 33.4 Å². The van der Waals surface area contributed by atoms with Gasteiger partial charge in [0.25, 0.3) is 0 Å². The molecule has 0 aliphatic heterocycles. The van der Waals surface area contributed by atoms with Gasteiger partial charge in [-0.15, -0.1) is 0 Å². The van der Waals surface area contributed by atoms with Crippen LogP contribution in [0.15, 0.2) is 53.6 Å². The van der Waals surface area contributed by atoms with Crippen LogP contribution < -0.4 is 5.32 Å². The minimum Gasteiger partial charge on any atom is -0.306 e. The van der Waals surface area contributed by atoms with Crippen LogP contribution >= 0.6 is 0 Å². The minimum atomic E-state index is 0.118. The summed E-state index contributed by atoms with van der Waals surface area (Å²) in [5, 5.41) is 11.2. The third-order valence-corrected chi connectivity index (χ3v) is 4.35. The van der Waals surface area contributed by atoms with Crippen molar-refractivity contribution in [2.45, 2.75) is 26.4 Å². The lowest BCUT2D eigenvalue weighted by Gasteiger charge is -2.16. The van der Waals surface area contributed by atoms with Crippen molar-refractivity contribution < 1.29 is 4.63 Å². The van der Waals surface area contributed by atoms with Crippen LogP contribution in [0.4, 0.5) is 0 Å². The Hall–Kier alpha value is -3.19. The lowest BCUT2D eigenvalue weighted by molar-refractivity contribution is 0.315. The summed E-state index contributed by atoms with van der Waals surface area (Å²) < 4.78 is 4.74. The van der Waals surface area contributed by atoms with Crippen molar-refractivity contribution in [2.75, 3.05) is 0 Å². The first-order valence-electron chi connectivity index (χ1n) is 8.39. The first kappa shape index (κ1) is 16.3. The zero-order valence-corrected chi connectivity index (χ0v) is 14.5. The van der Waals surface area contributed by atoms with Crippen LogP contribution in [0, 0.1) is 6.92 Å². The number of fused-ring (bicyclic) bond motifs is 1. The largest absolute Gasteiger partial charge is 0.306 e. The standard InChI is InChI=1S/C19H18N6O/c1-12(21-10-14-3-4-17-18(9-14)25-26-24-17)16-11-22-19(23-13(16)2)15-5-7-20-8-6-15/h3-9,11-12,21H,10H2,1-2H3. The quantitative estimate of drug-likeness (QED) is 0.593. The van der Waals surface area contributed by atoms with Crippen molar-refractivity contribution in [3.8, 4) is 11.4 Å². The second-order valence-electron chi connectivity index (χ2n) is 6.16. The van der Waals surface area contributed by atoms with E-state index in [0.29, 0.717) is 12.4 Å². The Morgan fingerprint density at radius 2 is 1.88 bits per heavy atom. The Balaban J connectivity index is 1.48. The molecule has 0 fully saturated rings. The summed E-state index contributed by atoms with van der Waals surface area (Å²) in [6.07, 6.45) is 5.38. The molecule has 1 N–H and O–H groups in total. The number of hydrogen-bond acceptors (Lipinski definition) is 7. The van der Waals surface area contributed by atoms with Gasteiger partial charge in [-0.1, -0.05) is 6.07 Å². The van der Waals surface area contributed by atoms with E-state index in [4.69, 9.17) is 4.63 Å². The van der Waals surface area contributed by atoms with Gasteiger partial charge < -0.3 is 5.32 Å². The van der Waals surface area contributed by atoms with Crippen LogP contribution in [0.1, 0.15) is 29.8 Å². The minimum absolute atomic E-state index is 0.118. The van der Waals surface area contributed by atoms with Gasteiger partial charge in [0, 0.05) is 48.0 Å². The normalized spacial score (nSPS) is 12.4. The molecule has 0 saturated heterocycles. The number of aryl methyl sites for hydroxylation is 1. The van der Waals surface area contributed by atoms with Gasteiger partial charge in [0.1, 0.15) is 11.0 Å². The van der Waals surface area contributed by atoms with Gasteiger partial charge in [0.2, 0.25) is 0 Å². The fourth-order valence-corrected chi connectivity index (χ4v) is 2.86. The van der Waals surface area contributed by atoms with E-state index in [-0.39, 0.29) is 6.04 Å². The van der Waals surface area contributed by atoms with Gasteiger partial charge in [0.05, 0.1) is 0 Å². The van der Waals surface area contributed by atoms with Gasteiger partial charge in [-0.2, -0.15) is 0 Å². The van der Waals surface area contributed by atoms with Gasteiger partial charge in [0.15, 0.2) is 5.82 Å². The van der Waals surface area contributed by atoms with Gasteiger partial charge in [-0.3, -0.25) is 4.98 Å². The molecule has 7 heteroatoms. The molecule has 0 bridgehead atoms. The molecule has 0 spiro atoms. The molecule has 130 valence electrons. The number of nitrogens with zero attached hydrogens (tertiary/aromatic N) is 5. The first-order chi connectivity index (χ1) is 12.7. The van der Waals surface area contributed by atoms with Crippen LogP contribution in [-0.2, 0) is 6.54 Å². The molecular formula is C19H18N6O. The molecule has 3 aromatic heterocycles. The highest BCUT2D eigenvalue weighted by Gasteiger charge is 2.12. The van der Waals surface area contributed by atoms with Crippen LogP contribution in [0.2, 0.25) is 0 Å². The van der Waals surface area contributed by atoms with Gasteiger partial charge >= 0.3 is 0 Å². The number of hydrogen-bond donors (Lipinski definition) is 1. The number of pyridine rings is 1. The molecule has 0 aliphatic rings. The molecule has 0 radical (unpaired) electrons. The zero-order chi connectivity index (χ0) is 17.9. The third kappa shape index (κ3) is 3.29. The first-order valence-corrected chi connectivity index (χ1v) is 8.39. The highest BCUT2D eigenvalue weighted by Crippen LogP contribution is 2.20. The topological polar surface area (TPSA) is 89.6 Å². The number of aromatic nitrogens is 5. The monoisotopic (exact) mass is 346 g/mol. The average molecular weight is 346 g/mol. The molecule has 4 aromatic rings. The van der Waals surface area contributed by atoms with Crippen molar-refractivity contribution in [3.05, 3.63) is 65.7 Å². The SMILES string of the molecule is Cc1nc(-c2ccncc2)ncc1C(C)NCc1ccc2nonc2c1. The van der Waals surface area contributed by atoms with Crippen LogP contribution in [-0.4, -0.2) is 25.3 Å². The zero-order valence-electron chi connectivity index (χ0n) is 14.5. The van der Waals surface area contributed by atoms with Crippen molar-refractivity contribution >= 4 is 11.0 Å². The summed E-state index contributed by atoms with van der Waals surface area (Å²) in [6.45, 7) is 4.82. The smallest absolute Gasteiger partial charge is 0.159 e. The summed E-state index contributed by atoms with van der Waals surface area (Å²) in [7, 11) is 0. The molecule has 4 rings (SSSR count). The molecule has 0 saturated carbocycles. The average Bonchev–Trinajstić information content (AvgIpc) is 3.14. The van der Waals surface area contributed by atoms with Crippen molar-refractivity contribution in [1.82, 2.24) is 30.6 Å².